The quantitative estimate of drug-likeness (QED) is 0.736. The minimum absolute atomic E-state index is 0.125. The van der Waals surface area contributed by atoms with Crippen LogP contribution in [0.1, 0.15) is 18.1 Å². The molecule has 3 aromatic rings. The molecule has 0 fully saturated rings. The third-order valence-corrected chi connectivity index (χ3v) is 6.62. The van der Waals surface area contributed by atoms with Gasteiger partial charge in [0.15, 0.2) is 0 Å². The molecule has 142 valence electrons. The summed E-state index contributed by atoms with van der Waals surface area (Å²) in [6, 6.07) is 22.1. The fourth-order valence-electron chi connectivity index (χ4n) is 3.43. The smallest absolute Gasteiger partial charge is 0.264 e. The Balaban J connectivity index is 1.71. The molecule has 0 saturated carbocycles. The Morgan fingerprint density at radius 3 is 2.29 bits per heavy atom. The van der Waals surface area contributed by atoms with Crippen LogP contribution in [0.2, 0.25) is 0 Å². The van der Waals surface area contributed by atoms with Crippen molar-refractivity contribution in [2.24, 2.45) is 0 Å². The average Bonchev–Trinajstić information content (AvgIpc) is 2.72. The van der Waals surface area contributed by atoms with Crippen molar-refractivity contribution in [3.8, 4) is 11.1 Å². The zero-order valence-electron chi connectivity index (χ0n) is 15.4. The summed E-state index contributed by atoms with van der Waals surface area (Å²) in [7, 11) is -3.72. The Morgan fingerprint density at radius 1 is 0.929 bits per heavy atom. The van der Waals surface area contributed by atoms with Crippen LogP contribution in [0.4, 0.5) is 5.69 Å². The van der Waals surface area contributed by atoms with Gasteiger partial charge in [0.05, 0.1) is 17.1 Å². The van der Waals surface area contributed by atoms with Gasteiger partial charge in [-0.15, -0.1) is 0 Å². The van der Waals surface area contributed by atoms with E-state index in [9.17, 15) is 13.2 Å². The number of nitrogens with one attached hydrogen (secondary N) is 1. The van der Waals surface area contributed by atoms with Crippen LogP contribution in [-0.4, -0.2) is 14.3 Å². The molecule has 0 saturated heterocycles. The SMILES string of the molecule is CC(=O)NCc1ccc(S(=O)(=O)N2Cc3ccccc3-c3ccccc32)cc1. The highest BCUT2D eigenvalue weighted by molar-refractivity contribution is 7.92. The summed E-state index contributed by atoms with van der Waals surface area (Å²) < 4.78 is 28.3. The number of anilines is 1. The second kappa shape index (κ2) is 7.13. The van der Waals surface area contributed by atoms with Crippen molar-refractivity contribution < 1.29 is 13.2 Å². The summed E-state index contributed by atoms with van der Waals surface area (Å²) in [5.41, 5.74) is 4.49. The third-order valence-electron chi connectivity index (χ3n) is 4.85. The van der Waals surface area contributed by atoms with Crippen LogP contribution < -0.4 is 9.62 Å². The van der Waals surface area contributed by atoms with Gasteiger partial charge in [0.2, 0.25) is 5.91 Å². The van der Waals surface area contributed by atoms with E-state index in [1.807, 2.05) is 48.5 Å². The van der Waals surface area contributed by atoms with Crippen molar-refractivity contribution in [2.45, 2.75) is 24.9 Å². The van der Waals surface area contributed by atoms with Gasteiger partial charge in [0, 0.05) is 19.0 Å². The molecule has 0 aliphatic carbocycles. The number of fused-ring (bicyclic) bond motifs is 3. The normalized spacial score (nSPS) is 12.8. The lowest BCUT2D eigenvalue weighted by Crippen LogP contribution is -2.33. The molecule has 28 heavy (non-hydrogen) atoms. The number of hydrogen-bond donors (Lipinski definition) is 1. The van der Waals surface area contributed by atoms with Gasteiger partial charge in [-0.3, -0.25) is 9.10 Å². The van der Waals surface area contributed by atoms with E-state index in [1.54, 1.807) is 24.3 Å². The first kappa shape index (κ1) is 18.3. The molecule has 0 bridgehead atoms. The molecule has 4 rings (SSSR count). The minimum Gasteiger partial charge on any atom is -0.352 e. The van der Waals surface area contributed by atoms with Crippen molar-refractivity contribution in [3.63, 3.8) is 0 Å². The Hall–Kier alpha value is -3.12. The monoisotopic (exact) mass is 392 g/mol. The zero-order chi connectivity index (χ0) is 19.7. The van der Waals surface area contributed by atoms with Crippen molar-refractivity contribution in [1.82, 2.24) is 5.32 Å². The largest absolute Gasteiger partial charge is 0.352 e. The van der Waals surface area contributed by atoms with E-state index in [0.717, 1.165) is 22.3 Å². The molecule has 0 spiro atoms. The van der Waals surface area contributed by atoms with Gasteiger partial charge in [0.25, 0.3) is 10.0 Å². The van der Waals surface area contributed by atoms with Gasteiger partial charge < -0.3 is 5.32 Å². The lowest BCUT2D eigenvalue weighted by molar-refractivity contribution is -0.119. The van der Waals surface area contributed by atoms with Crippen LogP contribution in [-0.2, 0) is 27.9 Å². The molecule has 3 aromatic carbocycles. The molecule has 1 heterocycles. The van der Waals surface area contributed by atoms with Gasteiger partial charge in [-0.2, -0.15) is 0 Å². The molecule has 1 amide bonds. The maximum Gasteiger partial charge on any atom is 0.264 e. The van der Waals surface area contributed by atoms with E-state index in [2.05, 4.69) is 5.32 Å². The van der Waals surface area contributed by atoms with Gasteiger partial charge in [0.1, 0.15) is 0 Å². The third kappa shape index (κ3) is 3.27. The second-order valence-electron chi connectivity index (χ2n) is 6.74. The first-order valence-electron chi connectivity index (χ1n) is 9.00. The fraction of sp³-hybridized carbons (Fsp3) is 0.136. The Kier molecular flexibility index (Phi) is 4.65. The molecule has 5 nitrogen and oxygen atoms in total. The van der Waals surface area contributed by atoms with Gasteiger partial charge >= 0.3 is 0 Å². The number of carbonyl (C=O) groups excluding carboxylic acids is 1. The first-order chi connectivity index (χ1) is 13.5. The predicted molar refractivity (Wildman–Crippen MR) is 109 cm³/mol. The predicted octanol–water partition coefficient (Wildman–Crippen LogP) is 3.70. The number of rotatable bonds is 4. The highest BCUT2D eigenvalue weighted by Crippen LogP contribution is 2.41. The van der Waals surface area contributed by atoms with E-state index in [1.165, 1.54) is 11.2 Å². The molecule has 0 unspecified atom stereocenters. The summed E-state index contributed by atoms with van der Waals surface area (Å²) >= 11 is 0. The highest BCUT2D eigenvalue weighted by atomic mass is 32.2. The Labute approximate surface area is 164 Å². The Morgan fingerprint density at radius 2 is 1.57 bits per heavy atom. The maximum atomic E-state index is 13.4. The number of nitrogens with zero attached hydrogens (tertiary/aromatic N) is 1. The summed E-state index contributed by atoms with van der Waals surface area (Å²) in [6.07, 6.45) is 0. The van der Waals surface area contributed by atoms with Crippen molar-refractivity contribution >= 4 is 21.6 Å². The minimum atomic E-state index is -3.72. The lowest BCUT2D eigenvalue weighted by atomic mass is 9.95. The van der Waals surface area contributed by atoms with E-state index in [4.69, 9.17) is 0 Å². The van der Waals surface area contributed by atoms with E-state index in [0.29, 0.717) is 18.8 Å². The van der Waals surface area contributed by atoms with Crippen LogP contribution in [0.25, 0.3) is 11.1 Å². The lowest BCUT2D eigenvalue weighted by Gasteiger charge is -2.32. The van der Waals surface area contributed by atoms with Crippen LogP contribution in [0, 0.1) is 0 Å². The molecule has 1 aliphatic rings. The topological polar surface area (TPSA) is 66.5 Å². The van der Waals surface area contributed by atoms with Crippen molar-refractivity contribution in [2.75, 3.05) is 4.31 Å². The van der Waals surface area contributed by atoms with Crippen molar-refractivity contribution in [3.05, 3.63) is 83.9 Å². The molecular formula is C22H20N2O3S. The molecule has 1 aliphatic heterocycles. The molecule has 0 radical (unpaired) electrons. The number of sulfonamides is 1. The fourth-order valence-corrected chi connectivity index (χ4v) is 4.89. The molecule has 0 aromatic heterocycles. The summed E-state index contributed by atoms with van der Waals surface area (Å²) in [5, 5.41) is 2.71. The number of carbonyl (C=O) groups is 1. The highest BCUT2D eigenvalue weighted by Gasteiger charge is 2.31. The van der Waals surface area contributed by atoms with Crippen LogP contribution >= 0.6 is 0 Å². The average molecular weight is 392 g/mol. The maximum absolute atomic E-state index is 13.4. The molecular weight excluding hydrogens is 372 g/mol. The molecule has 0 atom stereocenters. The standard InChI is InChI=1S/C22H20N2O3S/c1-16(25)23-14-17-10-12-19(13-11-17)28(26,27)24-15-18-6-2-3-7-20(18)21-8-4-5-9-22(21)24/h2-13H,14-15H2,1H3,(H,23,25). The van der Waals surface area contributed by atoms with Gasteiger partial charge in [-0.05, 0) is 34.9 Å². The van der Waals surface area contributed by atoms with E-state index < -0.39 is 10.0 Å². The molecule has 1 N–H and O–H groups in total. The van der Waals surface area contributed by atoms with Crippen LogP contribution in [0.3, 0.4) is 0 Å². The number of para-hydroxylation sites is 1. The summed E-state index contributed by atoms with van der Waals surface area (Å²) in [5.74, 6) is -0.125. The Bertz CT molecular complexity index is 1140. The van der Waals surface area contributed by atoms with Crippen LogP contribution in [0.5, 0.6) is 0 Å². The zero-order valence-corrected chi connectivity index (χ0v) is 16.2. The summed E-state index contributed by atoms with van der Waals surface area (Å²) in [4.78, 5) is 11.3. The van der Waals surface area contributed by atoms with E-state index >= 15 is 0 Å². The van der Waals surface area contributed by atoms with E-state index in [-0.39, 0.29) is 10.8 Å². The first-order valence-corrected chi connectivity index (χ1v) is 10.4. The number of benzene rings is 3. The number of hydrogen-bond acceptors (Lipinski definition) is 3. The van der Waals surface area contributed by atoms with Crippen molar-refractivity contribution in [1.29, 1.82) is 0 Å². The molecule has 6 heteroatoms. The van der Waals surface area contributed by atoms with Gasteiger partial charge in [-0.1, -0.05) is 54.6 Å². The number of amides is 1. The van der Waals surface area contributed by atoms with Gasteiger partial charge in [-0.25, -0.2) is 8.42 Å². The summed E-state index contributed by atoms with van der Waals surface area (Å²) in [6.45, 7) is 2.11. The second-order valence-corrected chi connectivity index (χ2v) is 8.60. The van der Waals surface area contributed by atoms with Crippen LogP contribution in [0.15, 0.2) is 77.7 Å².